The molecule has 2 heterocycles. The van der Waals surface area contributed by atoms with Crippen LogP contribution in [0.4, 0.5) is 5.69 Å². The van der Waals surface area contributed by atoms with Crippen LogP contribution in [0.25, 0.3) is 0 Å². The van der Waals surface area contributed by atoms with Gasteiger partial charge >= 0.3 is 0 Å². The summed E-state index contributed by atoms with van der Waals surface area (Å²) in [7, 11) is 0. The molecule has 5 atom stereocenters. The summed E-state index contributed by atoms with van der Waals surface area (Å²) in [5.41, 5.74) is 12.3. The fourth-order valence-electron chi connectivity index (χ4n) is 4.47. The van der Waals surface area contributed by atoms with Crippen molar-refractivity contribution in [2.24, 2.45) is 21.5 Å². The number of benzene rings is 1. The zero-order valence-electron chi connectivity index (χ0n) is 17.0. The summed E-state index contributed by atoms with van der Waals surface area (Å²) in [6.45, 7) is -0.525. The first-order valence-electron chi connectivity index (χ1n) is 10.4. The summed E-state index contributed by atoms with van der Waals surface area (Å²) in [5.74, 6) is 0.816. The van der Waals surface area contributed by atoms with Gasteiger partial charge in [0.2, 0.25) is 18.2 Å². The molecule has 0 amide bonds. The maximum Gasteiger partial charge on any atom is 0.229 e. The minimum absolute atomic E-state index is 0.179. The smallest absolute Gasteiger partial charge is 0.229 e. The number of nitrogens with zero attached hydrogens (tertiary/aromatic N) is 3. The highest BCUT2D eigenvalue weighted by Gasteiger charge is 2.45. The van der Waals surface area contributed by atoms with Gasteiger partial charge in [-0.15, -0.1) is 0 Å². The number of guanidine groups is 2. The van der Waals surface area contributed by atoms with E-state index < -0.39 is 43.0 Å². The number of nitrogens with two attached hydrogens (primary N) is 2. The molecule has 1 saturated carbocycles. The maximum absolute atomic E-state index is 10.2. The Hall–Kier alpha value is -2.44. The minimum Gasteiger partial charge on any atom is -0.462 e. The third-order valence-electron chi connectivity index (χ3n) is 6.05. The predicted molar refractivity (Wildman–Crippen MR) is 112 cm³/mol. The molecule has 0 radical (unpaired) electrons. The second kappa shape index (κ2) is 8.60. The van der Waals surface area contributed by atoms with Crippen molar-refractivity contribution >= 4 is 17.6 Å². The lowest BCUT2D eigenvalue weighted by atomic mass is 9.87. The number of hydrogen-bond donors (Lipinski definition) is 6. The molecule has 3 aliphatic rings. The summed E-state index contributed by atoms with van der Waals surface area (Å²) in [5, 5.41) is 39.3. The average molecular weight is 435 g/mol. The molecule has 11 heteroatoms. The topological polar surface area (TPSA) is 179 Å². The molecule has 31 heavy (non-hydrogen) atoms. The molecule has 170 valence electrons. The SMILES string of the molecule is NC1=NC2(CCCCC2)N(c2ccc(OC3OC(CO)C(O)C(O)C3O)cc2)C(N)=N1. The number of aliphatic imine (C=N–C) groups is 2. The highest BCUT2D eigenvalue weighted by molar-refractivity contribution is 6.05. The van der Waals surface area contributed by atoms with E-state index in [1.165, 1.54) is 0 Å². The van der Waals surface area contributed by atoms with Gasteiger partial charge in [-0.1, -0.05) is 6.42 Å². The van der Waals surface area contributed by atoms with E-state index in [9.17, 15) is 20.4 Å². The normalized spacial score (nSPS) is 33.0. The van der Waals surface area contributed by atoms with Crippen molar-refractivity contribution in [3.8, 4) is 5.75 Å². The molecule has 2 aliphatic heterocycles. The van der Waals surface area contributed by atoms with Crippen LogP contribution in [-0.4, -0.2) is 75.3 Å². The molecule has 1 aromatic carbocycles. The third kappa shape index (κ3) is 4.06. The van der Waals surface area contributed by atoms with Crippen molar-refractivity contribution in [1.82, 2.24) is 0 Å². The molecule has 0 aromatic heterocycles. The van der Waals surface area contributed by atoms with Gasteiger partial charge in [0.1, 0.15) is 35.8 Å². The predicted octanol–water partition coefficient (Wildman–Crippen LogP) is -1.02. The van der Waals surface area contributed by atoms with Gasteiger partial charge in [-0.3, -0.25) is 4.90 Å². The molecular formula is C20H29N5O6. The quantitative estimate of drug-likeness (QED) is 0.345. The Morgan fingerprint density at radius 2 is 1.71 bits per heavy atom. The van der Waals surface area contributed by atoms with Gasteiger partial charge in [-0.05, 0) is 49.9 Å². The van der Waals surface area contributed by atoms with Crippen LogP contribution in [0.15, 0.2) is 34.3 Å². The Morgan fingerprint density at radius 3 is 2.35 bits per heavy atom. The van der Waals surface area contributed by atoms with Crippen LogP contribution in [0.5, 0.6) is 5.75 Å². The van der Waals surface area contributed by atoms with Gasteiger partial charge in [0.25, 0.3) is 0 Å². The van der Waals surface area contributed by atoms with Crippen LogP contribution >= 0.6 is 0 Å². The largest absolute Gasteiger partial charge is 0.462 e. The first kappa shape index (κ1) is 21.8. The number of aliphatic hydroxyl groups is 4. The Labute approximate surface area is 179 Å². The summed E-state index contributed by atoms with van der Waals surface area (Å²) in [6.07, 6.45) is -1.94. The van der Waals surface area contributed by atoms with Gasteiger partial charge in [0, 0.05) is 5.69 Å². The van der Waals surface area contributed by atoms with E-state index >= 15 is 0 Å². The van der Waals surface area contributed by atoms with E-state index in [4.69, 9.17) is 20.9 Å². The van der Waals surface area contributed by atoms with E-state index in [1.54, 1.807) is 24.3 Å². The van der Waals surface area contributed by atoms with Crippen LogP contribution in [0, 0.1) is 0 Å². The summed E-state index contributed by atoms with van der Waals surface area (Å²) in [4.78, 5) is 10.7. The minimum atomic E-state index is -1.51. The van der Waals surface area contributed by atoms with Crippen LogP contribution in [0.2, 0.25) is 0 Å². The van der Waals surface area contributed by atoms with Crippen LogP contribution in [0.1, 0.15) is 32.1 Å². The van der Waals surface area contributed by atoms with E-state index in [2.05, 4.69) is 9.98 Å². The Morgan fingerprint density at radius 1 is 1.03 bits per heavy atom. The summed E-state index contributed by atoms with van der Waals surface area (Å²) < 4.78 is 11.0. The zero-order valence-corrected chi connectivity index (χ0v) is 17.0. The molecular weight excluding hydrogens is 406 g/mol. The Bertz CT molecular complexity index is 839. The highest BCUT2D eigenvalue weighted by Crippen LogP contribution is 2.40. The monoisotopic (exact) mass is 435 g/mol. The van der Waals surface area contributed by atoms with Gasteiger partial charge < -0.3 is 41.4 Å². The maximum atomic E-state index is 10.2. The molecule has 11 nitrogen and oxygen atoms in total. The van der Waals surface area contributed by atoms with E-state index in [1.807, 2.05) is 4.90 Å². The van der Waals surface area contributed by atoms with Gasteiger partial charge in [0.15, 0.2) is 0 Å². The fourth-order valence-corrected chi connectivity index (χ4v) is 4.47. The molecule has 0 bridgehead atoms. The molecule has 5 unspecified atom stereocenters. The van der Waals surface area contributed by atoms with E-state index in [0.29, 0.717) is 5.75 Å². The van der Waals surface area contributed by atoms with E-state index in [0.717, 1.165) is 37.8 Å². The molecule has 1 spiro atoms. The van der Waals surface area contributed by atoms with Crippen molar-refractivity contribution < 1.29 is 29.9 Å². The number of anilines is 1. The lowest BCUT2D eigenvalue weighted by molar-refractivity contribution is -0.277. The second-order valence-corrected chi connectivity index (χ2v) is 8.13. The Kier molecular flexibility index (Phi) is 6.04. The fraction of sp³-hybridized carbons (Fsp3) is 0.600. The van der Waals surface area contributed by atoms with Crippen molar-refractivity contribution in [2.75, 3.05) is 11.5 Å². The van der Waals surface area contributed by atoms with Gasteiger partial charge in [-0.2, -0.15) is 4.99 Å². The number of ether oxygens (including phenoxy) is 2. The molecule has 1 saturated heterocycles. The zero-order chi connectivity index (χ0) is 22.2. The lowest BCUT2D eigenvalue weighted by Gasteiger charge is -2.45. The first-order chi connectivity index (χ1) is 14.8. The Balaban J connectivity index is 1.53. The van der Waals surface area contributed by atoms with Crippen molar-refractivity contribution in [1.29, 1.82) is 0 Å². The van der Waals surface area contributed by atoms with Crippen LogP contribution in [0.3, 0.4) is 0 Å². The number of rotatable bonds is 4. The van der Waals surface area contributed by atoms with Crippen molar-refractivity contribution in [3.63, 3.8) is 0 Å². The summed E-state index contributed by atoms with van der Waals surface area (Å²) >= 11 is 0. The van der Waals surface area contributed by atoms with Crippen LogP contribution in [-0.2, 0) is 4.74 Å². The second-order valence-electron chi connectivity index (χ2n) is 8.13. The summed E-state index contributed by atoms with van der Waals surface area (Å²) in [6, 6.07) is 6.91. The highest BCUT2D eigenvalue weighted by atomic mass is 16.7. The van der Waals surface area contributed by atoms with Crippen molar-refractivity contribution in [2.45, 2.75) is 68.5 Å². The van der Waals surface area contributed by atoms with Crippen LogP contribution < -0.4 is 21.1 Å². The molecule has 4 rings (SSSR count). The van der Waals surface area contributed by atoms with E-state index in [-0.39, 0.29) is 11.9 Å². The average Bonchev–Trinajstić information content (AvgIpc) is 2.75. The first-order valence-corrected chi connectivity index (χ1v) is 10.4. The number of aliphatic hydroxyl groups excluding tert-OH is 4. The molecule has 8 N–H and O–H groups in total. The third-order valence-corrected chi connectivity index (χ3v) is 6.05. The van der Waals surface area contributed by atoms with Gasteiger partial charge in [0.05, 0.1) is 6.61 Å². The van der Waals surface area contributed by atoms with Gasteiger partial charge in [-0.25, -0.2) is 4.99 Å². The molecule has 1 aromatic rings. The lowest BCUT2D eigenvalue weighted by Crippen LogP contribution is -2.60. The molecule has 1 aliphatic carbocycles. The molecule has 2 fully saturated rings. The number of hydrogen-bond acceptors (Lipinski definition) is 11. The van der Waals surface area contributed by atoms with Crippen molar-refractivity contribution in [3.05, 3.63) is 24.3 Å². The standard InChI is InChI=1S/C20H29N5O6/c21-18-23-19(22)25(20(24-18)8-2-1-3-9-20)11-4-6-12(7-5-11)30-17-16(29)15(28)14(27)13(10-26)31-17/h4-7,13-17,26-29H,1-3,8-10H2,(H4,21,22,23,24).